The highest BCUT2D eigenvalue weighted by molar-refractivity contribution is 6.72. The number of amides is 3. The van der Waals surface area contributed by atoms with E-state index >= 15 is 4.11 Å². The first kappa shape index (κ1) is 36.1. The van der Waals surface area contributed by atoms with Gasteiger partial charge in [-0.25, -0.2) is 0 Å². The van der Waals surface area contributed by atoms with Crippen molar-refractivity contribution in [1.82, 2.24) is 4.90 Å². The Morgan fingerprint density at radius 3 is 2.43 bits per heavy atom. The average Bonchev–Trinajstić information content (AvgIpc) is 3.57. The lowest BCUT2D eigenvalue weighted by Crippen LogP contribution is -2.48. The highest BCUT2D eigenvalue weighted by Gasteiger charge is 2.67. The van der Waals surface area contributed by atoms with Crippen LogP contribution in [0, 0.1) is 16.0 Å². The number of hydrogen-bond donors (Lipinski definition) is 2. The number of nitrogens with one attached hydrogen (secondary N) is 1. The molecule has 1 spiro atoms. The molecule has 1 saturated heterocycles. The minimum absolute atomic E-state index is 0.0343. The number of nitrogens with zero attached hydrogens (tertiary/aromatic N) is 3. The molecule has 53 heavy (non-hydrogen) atoms. The van der Waals surface area contributed by atoms with Crippen molar-refractivity contribution in [3.05, 3.63) is 135 Å². The number of carbonyl (C=O) groups is 3. The van der Waals surface area contributed by atoms with Crippen LogP contribution in [0.4, 0.5) is 21.2 Å². The number of nitro benzene ring substituents is 1. The number of benzene rings is 4. The molecule has 3 aliphatic heterocycles. The topological polar surface area (TPSA) is 142 Å². The Morgan fingerprint density at radius 1 is 1.02 bits per heavy atom. The number of fused-ring (bicyclic) bond motifs is 3. The second-order valence-corrected chi connectivity index (χ2v) is 18.5. The summed E-state index contributed by atoms with van der Waals surface area (Å²) in [7, 11) is -3.67. The number of rotatable bonds is 9. The molecular formula is C40H41FN4O7Si. The van der Waals surface area contributed by atoms with E-state index in [0.717, 1.165) is 11.1 Å². The molecule has 13 heteroatoms. The molecule has 7 rings (SSSR count). The Morgan fingerprint density at radius 2 is 1.74 bits per heavy atom. The lowest BCUT2D eigenvalue weighted by Gasteiger charge is -2.37. The maximum absolute atomic E-state index is 16.5. The zero-order valence-corrected chi connectivity index (χ0v) is 30.7. The van der Waals surface area contributed by atoms with E-state index in [1.54, 1.807) is 60.4 Å². The van der Waals surface area contributed by atoms with E-state index in [1.165, 1.54) is 36.2 Å². The fraction of sp³-hybridized carbons (Fsp3) is 0.325. The standard InChI is InChI=1S/C40H41FN4O7Si/c1-25-37(53(2,3)41)35(21-36(47)43-23-29-14-8-7-13-28(29)19-32(43)24-46)52-40(25)33-20-31(45(50)51)16-17-34(33)44(39(40)49)22-26-10-9-15-30(18-26)42-38(48)27-11-5-4-6-12-27/h4-18,20,25,32,35,37,46H,19,21-24H2,1-3H3,(H,42,48)/t25-,32+,35+,37-,40+/m1/s1. The van der Waals surface area contributed by atoms with Crippen molar-refractivity contribution in [2.45, 2.75) is 69.2 Å². The first-order valence-electron chi connectivity index (χ1n) is 17.7. The number of halogens is 1. The summed E-state index contributed by atoms with van der Waals surface area (Å²) in [5.41, 5.74) is 1.47. The number of ether oxygens (including phenoxy) is 1. The number of hydrogen-bond acceptors (Lipinski definition) is 7. The highest BCUT2D eigenvalue weighted by Crippen LogP contribution is 2.60. The van der Waals surface area contributed by atoms with Crippen LogP contribution in [0.15, 0.2) is 97.1 Å². The Kier molecular flexibility index (Phi) is 9.51. The number of aliphatic hydroxyl groups is 1. The second kappa shape index (κ2) is 14.0. The monoisotopic (exact) mass is 736 g/mol. The molecular weight excluding hydrogens is 696 g/mol. The molecule has 4 aromatic carbocycles. The minimum atomic E-state index is -3.67. The molecule has 11 nitrogen and oxygen atoms in total. The summed E-state index contributed by atoms with van der Waals surface area (Å²) in [5.74, 6) is -1.91. The number of non-ortho nitro benzene ring substituents is 1. The average molecular weight is 737 g/mol. The minimum Gasteiger partial charge on any atom is -0.394 e. The summed E-state index contributed by atoms with van der Waals surface area (Å²) in [5, 5.41) is 25.2. The third kappa shape index (κ3) is 6.53. The van der Waals surface area contributed by atoms with Gasteiger partial charge < -0.3 is 29.1 Å². The number of anilines is 2. The van der Waals surface area contributed by atoms with E-state index in [9.17, 15) is 29.6 Å². The predicted octanol–water partition coefficient (Wildman–Crippen LogP) is 6.50. The summed E-state index contributed by atoms with van der Waals surface area (Å²) >= 11 is 0. The summed E-state index contributed by atoms with van der Waals surface area (Å²) in [6.07, 6.45) is -0.761. The maximum Gasteiger partial charge on any atom is 0.269 e. The van der Waals surface area contributed by atoms with Crippen LogP contribution < -0.4 is 10.2 Å². The molecule has 0 radical (unpaired) electrons. The van der Waals surface area contributed by atoms with Crippen LogP contribution in [-0.4, -0.2) is 59.8 Å². The van der Waals surface area contributed by atoms with Crippen molar-refractivity contribution < 1.29 is 33.3 Å². The molecule has 274 valence electrons. The van der Waals surface area contributed by atoms with Gasteiger partial charge in [-0.05, 0) is 66.5 Å². The van der Waals surface area contributed by atoms with Crippen LogP contribution in [0.3, 0.4) is 0 Å². The first-order valence-corrected chi connectivity index (χ1v) is 20.7. The molecule has 5 atom stereocenters. The van der Waals surface area contributed by atoms with Crippen LogP contribution in [0.5, 0.6) is 0 Å². The summed E-state index contributed by atoms with van der Waals surface area (Å²) in [6, 6.07) is 27.2. The number of carbonyl (C=O) groups excluding carboxylic acids is 3. The predicted molar refractivity (Wildman–Crippen MR) is 199 cm³/mol. The third-order valence-corrected chi connectivity index (χ3v) is 13.4. The summed E-state index contributed by atoms with van der Waals surface area (Å²) < 4.78 is 23.3. The van der Waals surface area contributed by atoms with Crippen molar-refractivity contribution in [3.63, 3.8) is 0 Å². The molecule has 0 aromatic heterocycles. The van der Waals surface area contributed by atoms with Crippen molar-refractivity contribution in [3.8, 4) is 0 Å². The molecule has 3 amide bonds. The Labute approximate surface area is 307 Å². The quantitative estimate of drug-likeness (QED) is 0.0865. The molecule has 4 aromatic rings. The third-order valence-electron chi connectivity index (χ3n) is 11.0. The van der Waals surface area contributed by atoms with Crippen LogP contribution in [0.25, 0.3) is 0 Å². The van der Waals surface area contributed by atoms with E-state index in [-0.39, 0.29) is 49.2 Å². The fourth-order valence-corrected chi connectivity index (χ4v) is 11.1. The van der Waals surface area contributed by atoms with Crippen molar-refractivity contribution >= 4 is 43.2 Å². The van der Waals surface area contributed by atoms with E-state index in [2.05, 4.69) is 5.32 Å². The zero-order chi connectivity index (χ0) is 37.7. The van der Waals surface area contributed by atoms with Crippen LogP contribution in [-0.2, 0) is 39.4 Å². The van der Waals surface area contributed by atoms with Gasteiger partial charge in [0.15, 0.2) is 5.60 Å². The van der Waals surface area contributed by atoms with Crippen LogP contribution >= 0.6 is 0 Å². The highest BCUT2D eigenvalue weighted by atomic mass is 28.4. The van der Waals surface area contributed by atoms with E-state index in [1.807, 2.05) is 30.3 Å². The smallest absolute Gasteiger partial charge is 0.269 e. The van der Waals surface area contributed by atoms with Gasteiger partial charge in [0.2, 0.25) is 14.3 Å². The second-order valence-electron chi connectivity index (χ2n) is 14.7. The van der Waals surface area contributed by atoms with Crippen LogP contribution in [0.2, 0.25) is 18.6 Å². The largest absolute Gasteiger partial charge is 0.394 e. The fourth-order valence-electron chi connectivity index (χ4n) is 8.56. The van der Waals surface area contributed by atoms with Gasteiger partial charge in [0.05, 0.1) is 42.3 Å². The maximum atomic E-state index is 16.5. The van der Waals surface area contributed by atoms with E-state index in [4.69, 9.17) is 4.74 Å². The van der Waals surface area contributed by atoms with Crippen LogP contribution in [0.1, 0.15) is 46.0 Å². The summed E-state index contributed by atoms with van der Waals surface area (Å²) in [6.45, 7) is 4.86. The first-order chi connectivity index (χ1) is 25.3. The van der Waals surface area contributed by atoms with Gasteiger partial charge >= 0.3 is 0 Å². The Balaban J connectivity index is 1.22. The van der Waals surface area contributed by atoms with Crippen molar-refractivity contribution in [2.24, 2.45) is 5.92 Å². The number of nitro groups is 1. The molecule has 0 aliphatic carbocycles. The van der Waals surface area contributed by atoms with Gasteiger partial charge in [0.25, 0.3) is 17.5 Å². The molecule has 0 bridgehead atoms. The van der Waals surface area contributed by atoms with E-state index < -0.39 is 48.4 Å². The van der Waals surface area contributed by atoms with Crippen molar-refractivity contribution in [2.75, 3.05) is 16.8 Å². The molecule has 3 heterocycles. The van der Waals surface area contributed by atoms with Gasteiger partial charge in [-0.15, -0.1) is 0 Å². The van der Waals surface area contributed by atoms with Crippen molar-refractivity contribution in [1.29, 1.82) is 0 Å². The van der Waals surface area contributed by atoms with Gasteiger partial charge in [-0.2, -0.15) is 0 Å². The zero-order valence-electron chi connectivity index (χ0n) is 29.7. The normalized spacial score (nSPS) is 23.5. The molecule has 0 saturated carbocycles. The molecule has 3 aliphatic rings. The lowest BCUT2D eigenvalue weighted by atomic mass is 9.82. The molecule has 0 unspecified atom stereocenters. The SMILES string of the molecule is C[C@@H]1[C@@H]([Si](C)(C)F)[C@H](CC(=O)N2Cc3ccccc3C[C@H]2CO)O[C@@]12C(=O)N(Cc1cccc(NC(=O)c3ccccc3)c1)c1ccc([N+](=O)[O-])cc12. The van der Waals surface area contributed by atoms with Gasteiger partial charge in [-0.1, -0.05) is 61.5 Å². The Bertz CT molecular complexity index is 2090. The van der Waals surface area contributed by atoms with E-state index in [0.29, 0.717) is 28.9 Å². The molecule has 1 fully saturated rings. The lowest BCUT2D eigenvalue weighted by molar-refractivity contribution is -0.385. The molecule has 2 N–H and O–H groups in total. The van der Waals surface area contributed by atoms with Gasteiger partial charge in [0.1, 0.15) is 0 Å². The van der Waals surface area contributed by atoms with Gasteiger partial charge in [0, 0.05) is 47.0 Å². The van der Waals surface area contributed by atoms with Gasteiger partial charge in [-0.3, -0.25) is 24.5 Å². The Hall–Kier alpha value is -5.24. The summed E-state index contributed by atoms with van der Waals surface area (Å²) in [4.78, 5) is 56.5. The number of aliphatic hydroxyl groups excluding tert-OH is 1.